The van der Waals surface area contributed by atoms with Gasteiger partial charge in [-0.2, -0.15) is 0 Å². The molecule has 0 nitrogen and oxygen atoms in total. The first-order valence-corrected chi connectivity index (χ1v) is 16.0. The van der Waals surface area contributed by atoms with Gasteiger partial charge < -0.3 is 24.8 Å². The molecule has 1 unspecified atom stereocenters. The molecule has 0 bridgehead atoms. The molecule has 36 heavy (non-hydrogen) atoms. The summed E-state index contributed by atoms with van der Waals surface area (Å²) in [5.74, 6) is 0.497. The second-order valence-electron chi connectivity index (χ2n) is 9.37. The Morgan fingerprint density at radius 2 is 1.06 bits per heavy atom. The third-order valence-corrected chi connectivity index (χ3v) is 16.5. The minimum atomic E-state index is -2.59. The fourth-order valence-electron chi connectivity index (χ4n) is 5.88. The van der Waals surface area contributed by atoms with Crippen molar-refractivity contribution in [2.75, 3.05) is 0 Å². The zero-order valence-electron chi connectivity index (χ0n) is 20.5. The molecule has 1 atom stereocenters. The van der Waals surface area contributed by atoms with Crippen molar-refractivity contribution < 1.29 is 46.1 Å². The predicted octanol–water partition coefficient (Wildman–Crippen LogP) is 2.13. The number of benzene rings is 4. The van der Waals surface area contributed by atoms with E-state index in [0.29, 0.717) is 9.54 Å². The summed E-state index contributed by atoms with van der Waals surface area (Å²) >= 11 is -2.59. The first-order valence-electron chi connectivity index (χ1n) is 12.2. The first-order chi connectivity index (χ1) is 16.7. The van der Waals surface area contributed by atoms with Crippen LogP contribution in [0.15, 0.2) is 130 Å². The van der Waals surface area contributed by atoms with E-state index in [1.54, 1.807) is 6.49 Å². The molecule has 178 valence electrons. The Bertz CT molecular complexity index is 1380. The van der Waals surface area contributed by atoms with Crippen LogP contribution in [0.25, 0.3) is 11.1 Å². The van der Waals surface area contributed by atoms with E-state index in [-0.39, 0.29) is 24.8 Å². The number of hydrogen-bond donors (Lipinski definition) is 0. The minimum absolute atomic E-state index is 0. The summed E-state index contributed by atoms with van der Waals surface area (Å²) < 4.78 is 3.82. The Hall–Kier alpha value is -2.31. The maximum absolute atomic E-state index is 2.59. The van der Waals surface area contributed by atoms with Gasteiger partial charge in [0, 0.05) is 0 Å². The van der Waals surface area contributed by atoms with Crippen molar-refractivity contribution in [3.63, 3.8) is 0 Å². The Kier molecular flexibility index (Phi) is 8.46. The van der Waals surface area contributed by atoms with E-state index in [9.17, 15) is 0 Å². The quantitative estimate of drug-likeness (QED) is 0.344. The Balaban J connectivity index is 0.00000152. The van der Waals surface area contributed by atoms with Gasteiger partial charge in [0.25, 0.3) is 0 Å². The number of fused-ring (bicyclic) bond motifs is 3. The first kappa shape index (κ1) is 26.7. The molecule has 0 aliphatic heterocycles. The third kappa shape index (κ3) is 4.59. The maximum atomic E-state index is 2.42. The topological polar surface area (TPSA) is 0 Å². The molecule has 0 saturated heterocycles. The molecule has 6 rings (SSSR count). The molecule has 4 aromatic rings. The van der Waals surface area contributed by atoms with Gasteiger partial charge in [-0.15, -0.1) is 0 Å². The summed E-state index contributed by atoms with van der Waals surface area (Å²) in [6, 6.07) is 40.7. The zero-order chi connectivity index (χ0) is 23.1. The maximum Gasteiger partial charge on any atom is -1.00 e. The molecule has 2 aliphatic carbocycles. The van der Waals surface area contributed by atoms with Gasteiger partial charge in [-0.25, -0.2) is 0 Å². The van der Waals surface area contributed by atoms with Crippen LogP contribution in [0.3, 0.4) is 0 Å². The number of halogens is 2. The van der Waals surface area contributed by atoms with Crippen molar-refractivity contribution in [2.24, 2.45) is 5.92 Å². The van der Waals surface area contributed by atoms with Gasteiger partial charge in [-0.05, 0) is 0 Å². The second-order valence-corrected chi connectivity index (χ2v) is 15.4. The van der Waals surface area contributed by atoms with Crippen molar-refractivity contribution in [1.29, 1.82) is 0 Å². The molecule has 0 amide bonds. The Morgan fingerprint density at radius 3 is 1.50 bits per heavy atom. The van der Waals surface area contributed by atoms with Crippen LogP contribution in [0.1, 0.15) is 39.7 Å². The van der Waals surface area contributed by atoms with Crippen LogP contribution in [0.5, 0.6) is 0 Å². The van der Waals surface area contributed by atoms with E-state index in [1.807, 2.05) is 0 Å². The van der Waals surface area contributed by atoms with Crippen molar-refractivity contribution in [3.05, 3.63) is 152 Å². The summed E-state index contributed by atoms with van der Waals surface area (Å²) in [4.78, 5) is 0. The van der Waals surface area contributed by atoms with Crippen LogP contribution >= 0.6 is 0 Å². The van der Waals surface area contributed by atoms with Gasteiger partial charge in [-0.3, -0.25) is 0 Å². The summed E-state index contributed by atoms with van der Waals surface area (Å²) in [7, 11) is 0. The van der Waals surface area contributed by atoms with Crippen molar-refractivity contribution >= 4 is 3.21 Å². The third-order valence-electron chi connectivity index (χ3n) is 7.32. The van der Waals surface area contributed by atoms with E-state index < -0.39 is 21.3 Å². The largest absolute Gasteiger partial charge is 1.00 e. The molecule has 0 fully saturated rings. The zero-order valence-corrected chi connectivity index (χ0v) is 24.4. The van der Waals surface area contributed by atoms with Crippen LogP contribution < -0.4 is 24.8 Å². The fourth-order valence-corrected chi connectivity index (χ4v) is 15.8. The Morgan fingerprint density at radius 1 is 0.611 bits per heavy atom. The van der Waals surface area contributed by atoms with Gasteiger partial charge in [0.1, 0.15) is 0 Å². The number of rotatable bonds is 4. The molecule has 4 aromatic carbocycles. The second kappa shape index (κ2) is 11.4. The van der Waals surface area contributed by atoms with Crippen molar-refractivity contribution in [3.8, 4) is 11.1 Å². The van der Waals surface area contributed by atoms with Crippen molar-refractivity contribution in [2.45, 2.75) is 17.5 Å². The molecular weight excluding hydrogens is 558 g/mol. The van der Waals surface area contributed by atoms with Crippen molar-refractivity contribution in [1.82, 2.24) is 0 Å². The van der Waals surface area contributed by atoms with Crippen LogP contribution in [0.4, 0.5) is 0 Å². The van der Waals surface area contributed by atoms with Gasteiger partial charge >= 0.3 is 211 Å². The summed E-state index contributed by atoms with van der Waals surface area (Å²) in [6.07, 6.45) is 4.80. The molecule has 0 saturated carbocycles. The van der Waals surface area contributed by atoms with Crippen LogP contribution in [0.2, 0.25) is 0 Å². The molecule has 0 spiro atoms. The van der Waals surface area contributed by atoms with Gasteiger partial charge in [0.2, 0.25) is 0 Å². The molecule has 2 aliphatic rings. The van der Waals surface area contributed by atoms with Gasteiger partial charge in [-0.1, -0.05) is 0 Å². The molecule has 0 heterocycles. The van der Waals surface area contributed by atoms with Gasteiger partial charge in [0.15, 0.2) is 0 Å². The number of hydrogen-bond acceptors (Lipinski definition) is 0. The molecule has 0 N–H and O–H groups in total. The minimum Gasteiger partial charge on any atom is -1.00 e. The van der Waals surface area contributed by atoms with E-state index >= 15 is 0 Å². The molecular formula is C33H28Cl2Zr. The molecule has 3 heteroatoms. The smallest absolute Gasteiger partial charge is 1.00 e. The standard InChI is InChI=1S/C13H9.C13H10.C7H9.2ClH.Zr/c1-3-7-12-10(5-1)9-11-6-2-4-8-13(11)12;1-3-7-12(8-4-1)11-13-9-5-2-6-10-13;1-6-3-4-7(2)5-6;;;/h1-9H;1-10H;3-4,6H,1-2H3;2*1H;/q;;;;;+2/p-2. The molecule has 0 aromatic heterocycles. The summed E-state index contributed by atoms with van der Waals surface area (Å²) in [5.41, 5.74) is 10.2. The van der Waals surface area contributed by atoms with E-state index in [4.69, 9.17) is 0 Å². The van der Waals surface area contributed by atoms with Crippen LogP contribution in [0, 0.1) is 5.92 Å². The normalized spacial score (nSPS) is 15.3. The predicted molar refractivity (Wildman–Crippen MR) is 141 cm³/mol. The monoisotopic (exact) mass is 584 g/mol. The average Bonchev–Trinajstić information content (AvgIpc) is 3.40. The number of allylic oxidation sites excluding steroid dienone is 4. The summed E-state index contributed by atoms with van der Waals surface area (Å²) in [5, 5.41) is 0. The SMILES string of the molecule is CC1=[C]([Zr+2](=[C](c2ccccc2)c2ccccc2)[CH]2c3ccccc3-c3ccccc32)C(C)C=C1.[Cl-].[Cl-]. The average molecular weight is 587 g/mol. The van der Waals surface area contributed by atoms with E-state index in [1.165, 1.54) is 39.0 Å². The fraction of sp³-hybridized carbons (Fsp3) is 0.121. The summed E-state index contributed by atoms with van der Waals surface area (Å²) in [6.45, 7) is 4.75. The molecule has 0 radical (unpaired) electrons. The van der Waals surface area contributed by atoms with Crippen LogP contribution in [-0.4, -0.2) is 3.21 Å². The van der Waals surface area contributed by atoms with E-state index in [0.717, 1.165) is 0 Å². The van der Waals surface area contributed by atoms with Gasteiger partial charge in [0.05, 0.1) is 0 Å². The van der Waals surface area contributed by atoms with E-state index in [2.05, 4.69) is 135 Å². The Labute approximate surface area is 234 Å². The van der Waals surface area contributed by atoms with Crippen LogP contribution in [-0.2, 0) is 21.3 Å².